The van der Waals surface area contributed by atoms with Gasteiger partial charge in [-0.3, -0.25) is 4.79 Å². The SMILES string of the molecule is NC1(C(=O)c2ccccc2Cl)CC1. The van der Waals surface area contributed by atoms with E-state index < -0.39 is 5.54 Å². The maximum atomic E-state index is 11.7. The first-order valence-electron chi connectivity index (χ1n) is 4.22. The van der Waals surface area contributed by atoms with Crippen LogP contribution in [-0.2, 0) is 0 Å². The van der Waals surface area contributed by atoms with Crippen molar-refractivity contribution in [3.63, 3.8) is 0 Å². The highest BCUT2D eigenvalue weighted by atomic mass is 35.5. The van der Waals surface area contributed by atoms with Gasteiger partial charge in [-0.05, 0) is 25.0 Å². The molecule has 1 aromatic rings. The minimum absolute atomic E-state index is 0.0295. The van der Waals surface area contributed by atoms with Crippen LogP contribution in [0, 0.1) is 0 Å². The molecule has 1 saturated carbocycles. The number of ketones is 1. The first-order valence-corrected chi connectivity index (χ1v) is 4.59. The third kappa shape index (κ3) is 1.47. The summed E-state index contributed by atoms with van der Waals surface area (Å²) in [6, 6.07) is 7.03. The third-order valence-corrected chi connectivity index (χ3v) is 2.69. The summed E-state index contributed by atoms with van der Waals surface area (Å²) in [6.07, 6.45) is 1.55. The fraction of sp³-hybridized carbons (Fsp3) is 0.300. The smallest absolute Gasteiger partial charge is 0.184 e. The highest BCUT2D eigenvalue weighted by Gasteiger charge is 2.46. The van der Waals surface area contributed by atoms with Gasteiger partial charge in [0.25, 0.3) is 0 Å². The number of carbonyl (C=O) groups is 1. The quantitative estimate of drug-likeness (QED) is 0.734. The summed E-state index contributed by atoms with van der Waals surface area (Å²) in [4.78, 5) is 11.7. The molecular formula is C10H10ClNO. The molecule has 1 fully saturated rings. The standard InChI is InChI=1S/C10H10ClNO/c11-8-4-2-1-3-7(8)9(13)10(12)5-6-10/h1-4H,5-6,12H2. The molecule has 0 saturated heterocycles. The Bertz CT molecular complexity index is 358. The molecule has 0 bridgehead atoms. The molecule has 2 rings (SSSR count). The van der Waals surface area contributed by atoms with Crippen LogP contribution in [0.2, 0.25) is 5.02 Å². The average molecular weight is 196 g/mol. The maximum Gasteiger partial charge on any atom is 0.184 e. The lowest BCUT2D eigenvalue weighted by Gasteiger charge is -2.08. The van der Waals surface area contributed by atoms with Gasteiger partial charge in [0, 0.05) is 5.56 Å². The van der Waals surface area contributed by atoms with Gasteiger partial charge in [-0.2, -0.15) is 0 Å². The second kappa shape index (κ2) is 2.82. The topological polar surface area (TPSA) is 43.1 Å². The zero-order valence-corrected chi connectivity index (χ0v) is 7.84. The number of benzene rings is 1. The van der Waals surface area contributed by atoms with Crippen LogP contribution < -0.4 is 5.73 Å². The second-order valence-electron chi connectivity index (χ2n) is 3.47. The van der Waals surface area contributed by atoms with Gasteiger partial charge >= 0.3 is 0 Å². The van der Waals surface area contributed by atoms with Crippen molar-refractivity contribution in [2.24, 2.45) is 5.73 Å². The molecule has 2 nitrogen and oxygen atoms in total. The number of carbonyl (C=O) groups excluding carboxylic acids is 1. The summed E-state index contributed by atoms with van der Waals surface area (Å²) in [6.45, 7) is 0. The van der Waals surface area contributed by atoms with Crippen LogP contribution in [0.3, 0.4) is 0 Å². The van der Waals surface area contributed by atoms with Crippen molar-refractivity contribution in [3.05, 3.63) is 34.9 Å². The summed E-state index contributed by atoms with van der Waals surface area (Å²) in [5.74, 6) is -0.0295. The number of Topliss-reactive ketones (excluding diaryl/α,β-unsaturated/α-hetero) is 1. The Morgan fingerprint density at radius 1 is 1.38 bits per heavy atom. The van der Waals surface area contributed by atoms with Crippen molar-refractivity contribution in [1.29, 1.82) is 0 Å². The zero-order chi connectivity index (χ0) is 9.47. The molecule has 0 atom stereocenters. The molecule has 3 heteroatoms. The molecule has 0 aromatic heterocycles. The summed E-state index contributed by atoms with van der Waals surface area (Å²) in [5, 5.41) is 0.490. The molecule has 0 unspecified atom stereocenters. The number of hydrogen-bond donors (Lipinski definition) is 1. The molecule has 0 heterocycles. The van der Waals surface area contributed by atoms with E-state index in [0.29, 0.717) is 10.6 Å². The van der Waals surface area contributed by atoms with Gasteiger partial charge in [0.1, 0.15) is 0 Å². The molecule has 1 aliphatic rings. The number of nitrogens with two attached hydrogens (primary N) is 1. The van der Waals surface area contributed by atoms with Crippen molar-refractivity contribution in [2.75, 3.05) is 0 Å². The van der Waals surface area contributed by atoms with Gasteiger partial charge in [0.05, 0.1) is 10.6 Å². The predicted octanol–water partition coefficient (Wildman–Crippen LogP) is 2.01. The molecule has 68 valence electrons. The summed E-state index contributed by atoms with van der Waals surface area (Å²) in [7, 11) is 0. The van der Waals surface area contributed by atoms with Crippen LogP contribution in [0.4, 0.5) is 0 Å². The Hall–Kier alpha value is -0.860. The monoisotopic (exact) mass is 195 g/mol. The van der Waals surface area contributed by atoms with Crippen LogP contribution in [0.1, 0.15) is 23.2 Å². The summed E-state index contributed by atoms with van der Waals surface area (Å²) in [5.41, 5.74) is 5.71. The van der Waals surface area contributed by atoms with Crippen molar-refractivity contribution >= 4 is 17.4 Å². The highest BCUT2D eigenvalue weighted by molar-refractivity contribution is 6.34. The van der Waals surface area contributed by atoms with E-state index in [0.717, 1.165) is 12.8 Å². The Morgan fingerprint density at radius 2 is 2.00 bits per heavy atom. The second-order valence-corrected chi connectivity index (χ2v) is 3.87. The van der Waals surface area contributed by atoms with Crippen molar-refractivity contribution in [1.82, 2.24) is 0 Å². The van der Waals surface area contributed by atoms with Gasteiger partial charge in [-0.1, -0.05) is 23.7 Å². The van der Waals surface area contributed by atoms with Gasteiger partial charge in [-0.15, -0.1) is 0 Å². The summed E-state index contributed by atoms with van der Waals surface area (Å²) >= 11 is 5.88. The number of hydrogen-bond acceptors (Lipinski definition) is 2. The summed E-state index contributed by atoms with van der Waals surface area (Å²) < 4.78 is 0. The fourth-order valence-corrected chi connectivity index (χ4v) is 1.50. The molecule has 2 N–H and O–H groups in total. The Labute approximate surface area is 81.7 Å². The predicted molar refractivity (Wildman–Crippen MR) is 51.9 cm³/mol. The van der Waals surface area contributed by atoms with E-state index in [9.17, 15) is 4.79 Å². The zero-order valence-electron chi connectivity index (χ0n) is 7.09. The maximum absolute atomic E-state index is 11.7. The Morgan fingerprint density at radius 3 is 2.54 bits per heavy atom. The van der Waals surface area contributed by atoms with E-state index in [1.54, 1.807) is 24.3 Å². The molecule has 0 aliphatic heterocycles. The molecule has 1 aliphatic carbocycles. The first kappa shape index (κ1) is 8.73. The van der Waals surface area contributed by atoms with E-state index in [-0.39, 0.29) is 5.78 Å². The number of rotatable bonds is 2. The lowest BCUT2D eigenvalue weighted by molar-refractivity contribution is 0.0949. The van der Waals surface area contributed by atoms with E-state index in [1.165, 1.54) is 0 Å². The largest absolute Gasteiger partial charge is 0.319 e. The average Bonchev–Trinajstić information content (AvgIpc) is 2.85. The molecule has 13 heavy (non-hydrogen) atoms. The number of halogens is 1. The fourth-order valence-electron chi connectivity index (χ4n) is 1.28. The van der Waals surface area contributed by atoms with Crippen molar-refractivity contribution in [3.8, 4) is 0 Å². The van der Waals surface area contributed by atoms with E-state index >= 15 is 0 Å². The van der Waals surface area contributed by atoms with E-state index in [4.69, 9.17) is 17.3 Å². The Kier molecular flexibility index (Phi) is 1.90. The van der Waals surface area contributed by atoms with Crippen molar-refractivity contribution < 1.29 is 4.79 Å². The van der Waals surface area contributed by atoms with Crippen LogP contribution in [0.15, 0.2) is 24.3 Å². The third-order valence-electron chi connectivity index (χ3n) is 2.36. The van der Waals surface area contributed by atoms with Crippen LogP contribution >= 0.6 is 11.6 Å². The molecule has 0 amide bonds. The Balaban J connectivity index is 2.36. The van der Waals surface area contributed by atoms with E-state index in [1.807, 2.05) is 0 Å². The lowest BCUT2D eigenvalue weighted by Crippen LogP contribution is -2.32. The van der Waals surface area contributed by atoms with Crippen LogP contribution in [0.5, 0.6) is 0 Å². The van der Waals surface area contributed by atoms with E-state index in [2.05, 4.69) is 0 Å². The highest BCUT2D eigenvalue weighted by Crippen LogP contribution is 2.36. The molecule has 0 spiro atoms. The van der Waals surface area contributed by atoms with Gasteiger partial charge in [0.15, 0.2) is 5.78 Å². The molecule has 0 radical (unpaired) electrons. The first-order chi connectivity index (χ1) is 6.13. The van der Waals surface area contributed by atoms with Gasteiger partial charge < -0.3 is 5.73 Å². The minimum atomic E-state index is -0.620. The molecule has 1 aromatic carbocycles. The van der Waals surface area contributed by atoms with Gasteiger partial charge in [0.2, 0.25) is 0 Å². The van der Waals surface area contributed by atoms with Crippen LogP contribution in [0.25, 0.3) is 0 Å². The van der Waals surface area contributed by atoms with Gasteiger partial charge in [-0.25, -0.2) is 0 Å². The van der Waals surface area contributed by atoms with Crippen molar-refractivity contribution in [2.45, 2.75) is 18.4 Å². The molecular weight excluding hydrogens is 186 g/mol. The lowest BCUT2D eigenvalue weighted by atomic mass is 10.0. The van der Waals surface area contributed by atoms with Crippen LogP contribution in [-0.4, -0.2) is 11.3 Å². The normalized spacial score (nSPS) is 18.3. The minimum Gasteiger partial charge on any atom is -0.319 e.